The number of nitrogens with zero attached hydrogens (tertiary/aromatic N) is 5. The summed E-state index contributed by atoms with van der Waals surface area (Å²) in [6, 6.07) is 11.9. The van der Waals surface area contributed by atoms with E-state index in [9.17, 15) is 14.9 Å². The zero-order chi connectivity index (χ0) is 20.8. The Morgan fingerprint density at radius 2 is 1.90 bits per heavy atom. The van der Waals surface area contributed by atoms with Crippen LogP contribution in [-0.2, 0) is 0 Å². The number of hydrogen-bond donors (Lipinski definition) is 1. The van der Waals surface area contributed by atoms with E-state index in [2.05, 4.69) is 15.4 Å². The molecule has 2 aromatic carbocycles. The van der Waals surface area contributed by atoms with Crippen molar-refractivity contribution in [3.63, 3.8) is 0 Å². The summed E-state index contributed by atoms with van der Waals surface area (Å²) in [4.78, 5) is 29.0. The average Bonchev–Trinajstić information content (AvgIpc) is 3.37. The maximum Gasteiger partial charge on any atom is 0.355 e. The fourth-order valence-corrected chi connectivity index (χ4v) is 4.20. The molecule has 0 bridgehead atoms. The van der Waals surface area contributed by atoms with Crippen molar-refractivity contribution in [3.05, 3.63) is 68.1 Å². The van der Waals surface area contributed by atoms with Crippen molar-refractivity contribution in [2.45, 2.75) is 31.7 Å². The van der Waals surface area contributed by atoms with Crippen LogP contribution in [0.1, 0.15) is 25.7 Å². The molecule has 0 radical (unpaired) electrons. The van der Waals surface area contributed by atoms with Gasteiger partial charge in [-0.25, -0.2) is 14.2 Å². The molecule has 10 heteroatoms. The predicted octanol–water partition coefficient (Wildman–Crippen LogP) is 3.95. The number of anilines is 1. The smallest absolute Gasteiger partial charge is 0.355 e. The third kappa shape index (κ3) is 2.98. The van der Waals surface area contributed by atoms with E-state index in [0.717, 1.165) is 25.7 Å². The molecule has 1 N–H and O–H groups in total. The van der Waals surface area contributed by atoms with Crippen LogP contribution in [0.25, 0.3) is 22.4 Å². The van der Waals surface area contributed by atoms with Gasteiger partial charge in [0, 0.05) is 17.1 Å². The van der Waals surface area contributed by atoms with Gasteiger partial charge in [0.1, 0.15) is 0 Å². The highest BCUT2D eigenvalue weighted by Crippen LogP contribution is 2.32. The Morgan fingerprint density at radius 3 is 2.60 bits per heavy atom. The van der Waals surface area contributed by atoms with Crippen molar-refractivity contribution < 1.29 is 4.92 Å². The van der Waals surface area contributed by atoms with E-state index in [0.29, 0.717) is 17.2 Å². The molecule has 2 aromatic heterocycles. The van der Waals surface area contributed by atoms with Crippen LogP contribution < -0.4 is 11.0 Å². The Kier molecular flexibility index (Phi) is 4.39. The largest absolute Gasteiger partial charge is 0.364 e. The third-order valence-corrected chi connectivity index (χ3v) is 5.60. The van der Waals surface area contributed by atoms with E-state index in [-0.39, 0.29) is 27.8 Å². The molecule has 152 valence electrons. The molecule has 9 nitrogen and oxygen atoms in total. The maximum atomic E-state index is 13.3. The van der Waals surface area contributed by atoms with Crippen molar-refractivity contribution in [1.82, 2.24) is 19.2 Å². The summed E-state index contributed by atoms with van der Waals surface area (Å²) < 4.78 is 2.61. The molecule has 1 saturated carbocycles. The minimum Gasteiger partial charge on any atom is -0.364 e. The van der Waals surface area contributed by atoms with Crippen molar-refractivity contribution >= 4 is 39.8 Å². The van der Waals surface area contributed by atoms with Crippen LogP contribution in [0, 0.1) is 10.1 Å². The van der Waals surface area contributed by atoms with Gasteiger partial charge in [-0.1, -0.05) is 42.6 Å². The first-order chi connectivity index (χ1) is 14.5. The molecule has 0 atom stereocenters. The average molecular weight is 425 g/mol. The number of para-hydroxylation sites is 1. The Hall–Kier alpha value is -3.46. The number of non-ortho nitro benzene ring substituents is 1. The second-order valence-electron chi connectivity index (χ2n) is 7.32. The SMILES string of the molecule is O=c1n(-c2ccccc2)nc2c(NC3CCCC3)nc3c([N+](=O)[O-])cc(Cl)cc3n12. The highest BCUT2D eigenvalue weighted by atomic mass is 35.5. The second-order valence-corrected chi connectivity index (χ2v) is 7.76. The highest BCUT2D eigenvalue weighted by Gasteiger charge is 2.25. The Morgan fingerprint density at radius 1 is 1.17 bits per heavy atom. The van der Waals surface area contributed by atoms with Crippen LogP contribution in [-0.4, -0.2) is 30.1 Å². The number of nitro benzene ring substituents is 1. The number of rotatable bonds is 4. The van der Waals surface area contributed by atoms with Gasteiger partial charge in [-0.2, -0.15) is 4.68 Å². The third-order valence-electron chi connectivity index (χ3n) is 5.38. The van der Waals surface area contributed by atoms with Crippen molar-refractivity contribution in [2.75, 3.05) is 5.32 Å². The van der Waals surface area contributed by atoms with Crippen molar-refractivity contribution in [1.29, 1.82) is 0 Å². The monoisotopic (exact) mass is 424 g/mol. The van der Waals surface area contributed by atoms with Gasteiger partial charge in [0.2, 0.25) is 5.65 Å². The van der Waals surface area contributed by atoms with Crippen LogP contribution in [0.3, 0.4) is 0 Å². The molecule has 1 fully saturated rings. The van der Waals surface area contributed by atoms with Gasteiger partial charge in [-0.05, 0) is 31.0 Å². The highest BCUT2D eigenvalue weighted by molar-refractivity contribution is 6.31. The van der Waals surface area contributed by atoms with Gasteiger partial charge < -0.3 is 5.32 Å². The Balaban J connectivity index is 1.86. The minimum absolute atomic E-state index is 0.0899. The standard InChI is InChI=1S/C20H17ClN6O3/c21-12-10-15-17(16(11-12)27(29)30)23-18(22-13-6-4-5-7-13)19-24-26(20(28)25(15)19)14-8-2-1-3-9-14/h1-3,8-11,13H,4-7H2,(H,22,23). The maximum absolute atomic E-state index is 13.3. The van der Waals surface area contributed by atoms with Gasteiger partial charge in [0.25, 0.3) is 5.69 Å². The fraction of sp³-hybridized carbons (Fsp3) is 0.250. The summed E-state index contributed by atoms with van der Waals surface area (Å²) in [6.07, 6.45) is 4.14. The molecular weight excluding hydrogens is 408 g/mol. The van der Waals surface area contributed by atoms with E-state index in [1.165, 1.54) is 21.2 Å². The summed E-state index contributed by atoms with van der Waals surface area (Å²) in [5.41, 5.74) is 0.519. The minimum atomic E-state index is -0.543. The topological polar surface area (TPSA) is 107 Å². The van der Waals surface area contributed by atoms with Crippen molar-refractivity contribution in [2.24, 2.45) is 0 Å². The molecule has 1 aliphatic rings. The molecule has 2 heterocycles. The second kappa shape index (κ2) is 7.10. The van der Waals surface area contributed by atoms with Crippen LogP contribution in [0.15, 0.2) is 47.3 Å². The number of halogens is 1. The van der Waals surface area contributed by atoms with Gasteiger partial charge in [0.05, 0.1) is 16.1 Å². The van der Waals surface area contributed by atoms with E-state index < -0.39 is 10.6 Å². The summed E-state index contributed by atoms with van der Waals surface area (Å²) in [5, 5.41) is 19.6. The first-order valence-electron chi connectivity index (χ1n) is 9.64. The normalized spacial score (nSPS) is 14.6. The van der Waals surface area contributed by atoms with Gasteiger partial charge in [-0.3, -0.25) is 10.1 Å². The van der Waals surface area contributed by atoms with Crippen LogP contribution in [0.4, 0.5) is 11.5 Å². The number of hydrogen-bond acceptors (Lipinski definition) is 6. The van der Waals surface area contributed by atoms with Gasteiger partial charge >= 0.3 is 5.69 Å². The lowest BCUT2D eigenvalue weighted by molar-refractivity contribution is -0.383. The van der Waals surface area contributed by atoms with Crippen molar-refractivity contribution in [3.8, 4) is 5.69 Å². The Bertz CT molecular complexity index is 1340. The molecule has 0 amide bonds. The van der Waals surface area contributed by atoms with E-state index in [4.69, 9.17) is 11.6 Å². The van der Waals surface area contributed by atoms with E-state index in [1.807, 2.05) is 18.2 Å². The zero-order valence-electron chi connectivity index (χ0n) is 15.8. The molecule has 5 rings (SSSR count). The number of nitro groups is 1. The fourth-order valence-electron chi connectivity index (χ4n) is 3.99. The van der Waals surface area contributed by atoms with E-state index in [1.54, 1.807) is 12.1 Å². The van der Waals surface area contributed by atoms with Crippen LogP contribution >= 0.6 is 11.6 Å². The molecule has 4 aromatic rings. The summed E-state index contributed by atoms with van der Waals surface area (Å²) in [6.45, 7) is 0. The number of aromatic nitrogens is 4. The molecular formula is C20H17ClN6O3. The number of nitrogens with one attached hydrogen (secondary N) is 1. The van der Waals surface area contributed by atoms with Crippen LogP contribution in [0.2, 0.25) is 5.02 Å². The molecule has 0 aliphatic heterocycles. The summed E-state index contributed by atoms with van der Waals surface area (Å²) in [5.74, 6) is 0.353. The quantitative estimate of drug-likeness (QED) is 0.392. The first kappa shape index (κ1) is 18.6. The van der Waals surface area contributed by atoms with Gasteiger partial charge in [-0.15, -0.1) is 5.10 Å². The number of fused-ring (bicyclic) bond motifs is 3. The summed E-state index contributed by atoms with van der Waals surface area (Å²) >= 11 is 6.13. The lowest BCUT2D eigenvalue weighted by Gasteiger charge is -2.14. The molecule has 1 aliphatic carbocycles. The molecule has 0 unspecified atom stereocenters. The summed E-state index contributed by atoms with van der Waals surface area (Å²) in [7, 11) is 0. The Labute approximate surface area is 175 Å². The van der Waals surface area contributed by atoms with Gasteiger partial charge in [0.15, 0.2) is 11.3 Å². The molecule has 0 saturated heterocycles. The molecule has 0 spiro atoms. The number of benzene rings is 2. The van der Waals surface area contributed by atoms with E-state index >= 15 is 0 Å². The van der Waals surface area contributed by atoms with Crippen LogP contribution in [0.5, 0.6) is 0 Å². The molecule has 30 heavy (non-hydrogen) atoms. The predicted molar refractivity (Wildman–Crippen MR) is 114 cm³/mol. The zero-order valence-corrected chi connectivity index (χ0v) is 16.5. The first-order valence-corrected chi connectivity index (χ1v) is 10.0. The lowest BCUT2D eigenvalue weighted by atomic mass is 10.2. The lowest BCUT2D eigenvalue weighted by Crippen LogP contribution is -2.21.